The molecular formula is C13H16N2O. The number of unbranched alkanes of at least 4 members (excludes halogenated alkanes) is 1. The number of fused-ring (bicyclic) bond motifs is 1. The first-order valence-electron chi connectivity index (χ1n) is 5.69. The fourth-order valence-corrected chi connectivity index (χ4v) is 1.87. The lowest BCUT2D eigenvalue weighted by molar-refractivity contribution is 0.111. The summed E-state index contributed by atoms with van der Waals surface area (Å²) in [6.45, 7) is 4.15. The highest BCUT2D eigenvalue weighted by molar-refractivity contribution is 5.76. The Bertz CT molecular complexity index is 514. The number of imidazole rings is 1. The SMILES string of the molecule is CCCCc1nc2ccc(C)cn2c1C=O. The molecule has 0 unspecified atom stereocenters. The van der Waals surface area contributed by atoms with Crippen LogP contribution in [0.25, 0.3) is 5.65 Å². The maximum Gasteiger partial charge on any atom is 0.168 e. The molecule has 84 valence electrons. The summed E-state index contributed by atoms with van der Waals surface area (Å²) in [4.78, 5) is 15.6. The number of nitrogens with zero attached hydrogens (tertiary/aromatic N) is 2. The molecule has 2 heterocycles. The van der Waals surface area contributed by atoms with E-state index in [1.807, 2.05) is 29.7 Å². The smallest absolute Gasteiger partial charge is 0.168 e. The van der Waals surface area contributed by atoms with Crippen molar-refractivity contribution in [3.8, 4) is 0 Å². The Kier molecular flexibility index (Phi) is 3.04. The van der Waals surface area contributed by atoms with E-state index in [1.54, 1.807) is 0 Å². The molecule has 0 spiro atoms. The Labute approximate surface area is 95.1 Å². The number of aromatic nitrogens is 2. The third-order valence-electron chi connectivity index (χ3n) is 2.76. The summed E-state index contributed by atoms with van der Waals surface area (Å²) < 4.78 is 1.88. The van der Waals surface area contributed by atoms with Crippen LogP contribution in [0.1, 0.15) is 41.5 Å². The average Bonchev–Trinajstić information content (AvgIpc) is 2.63. The fraction of sp³-hybridized carbons (Fsp3) is 0.385. The van der Waals surface area contributed by atoms with E-state index < -0.39 is 0 Å². The number of aryl methyl sites for hydroxylation is 2. The van der Waals surface area contributed by atoms with Crippen LogP contribution < -0.4 is 0 Å². The van der Waals surface area contributed by atoms with E-state index in [-0.39, 0.29) is 0 Å². The summed E-state index contributed by atoms with van der Waals surface area (Å²) in [5.74, 6) is 0. The molecule has 0 radical (unpaired) electrons. The molecule has 0 aliphatic rings. The molecule has 0 aliphatic heterocycles. The number of hydrogen-bond donors (Lipinski definition) is 0. The Hall–Kier alpha value is -1.64. The van der Waals surface area contributed by atoms with Gasteiger partial charge in [-0.1, -0.05) is 19.4 Å². The van der Waals surface area contributed by atoms with Crippen LogP contribution in [0.4, 0.5) is 0 Å². The minimum absolute atomic E-state index is 0.701. The normalized spacial score (nSPS) is 10.9. The highest BCUT2D eigenvalue weighted by atomic mass is 16.1. The van der Waals surface area contributed by atoms with Gasteiger partial charge in [0.1, 0.15) is 11.3 Å². The molecular weight excluding hydrogens is 200 g/mol. The van der Waals surface area contributed by atoms with Gasteiger partial charge in [-0.3, -0.25) is 9.20 Å². The van der Waals surface area contributed by atoms with Crippen molar-refractivity contribution in [2.24, 2.45) is 0 Å². The lowest BCUT2D eigenvalue weighted by atomic mass is 10.2. The van der Waals surface area contributed by atoms with Gasteiger partial charge >= 0.3 is 0 Å². The summed E-state index contributed by atoms with van der Waals surface area (Å²) in [6.07, 6.45) is 5.94. The monoisotopic (exact) mass is 216 g/mol. The van der Waals surface area contributed by atoms with Crippen molar-refractivity contribution in [2.45, 2.75) is 33.1 Å². The van der Waals surface area contributed by atoms with Gasteiger partial charge in [0.2, 0.25) is 0 Å². The lowest BCUT2D eigenvalue weighted by Gasteiger charge is -1.98. The number of rotatable bonds is 4. The highest BCUT2D eigenvalue weighted by Gasteiger charge is 2.10. The number of carbonyl (C=O) groups is 1. The number of pyridine rings is 1. The molecule has 16 heavy (non-hydrogen) atoms. The largest absolute Gasteiger partial charge is 0.297 e. The van der Waals surface area contributed by atoms with Gasteiger partial charge in [0.05, 0.1) is 5.69 Å². The van der Waals surface area contributed by atoms with Crippen LogP contribution >= 0.6 is 0 Å². The number of hydrogen-bond acceptors (Lipinski definition) is 2. The zero-order valence-corrected chi connectivity index (χ0v) is 9.73. The van der Waals surface area contributed by atoms with Gasteiger partial charge in [-0.15, -0.1) is 0 Å². The first-order valence-corrected chi connectivity index (χ1v) is 5.69. The van der Waals surface area contributed by atoms with E-state index in [9.17, 15) is 4.79 Å². The Balaban J connectivity index is 2.53. The highest BCUT2D eigenvalue weighted by Crippen LogP contribution is 2.14. The predicted octanol–water partition coefficient (Wildman–Crippen LogP) is 2.80. The van der Waals surface area contributed by atoms with Gasteiger partial charge in [0.25, 0.3) is 0 Å². The summed E-state index contributed by atoms with van der Waals surface area (Å²) in [5.41, 5.74) is 3.61. The standard InChI is InChI=1S/C13H16N2O/c1-3-4-5-11-12(9-16)15-8-10(2)6-7-13(15)14-11/h6-9H,3-5H2,1-2H3. The molecule has 0 bridgehead atoms. The van der Waals surface area contributed by atoms with Gasteiger partial charge in [-0.05, 0) is 31.4 Å². The number of aldehydes is 1. The second kappa shape index (κ2) is 4.47. The molecule has 2 aromatic rings. The second-order valence-corrected chi connectivity index (χ2v) is 4.10. The van der Waals surface area contributed by atoms with Crippen LogP contribution in [-0.4, -0.2) is 15.7 Å². The topological polar surface area (TPSA) is 34.4 Å². The zero-order chi connectivity index (χ0) is 11.5. The molecule has 3 heteroatoms. The quantitative estimate of drug-likeness (QED) is 0.736. The molecule has 2 rings (SSSR count). The summed E-state index contributed by atoms with van der Waals surface area (Å²) in [6, 6.07) is 3.97. The first-order chi connectivity index (χ1) is 7.76. The van der Waals surface area contributed by atoms with Crippen molar-refractivity contribution >= 4 is 11.9 Å². The van der Waals surface area contributed by atoms with E-state index in [1.165, 1.54) is 0 Å². The average molecular weight is 216 g/mol. The second-order valence-electron chi connectivity index (χ2n) is 4.10. The lowest BCUT2D eigenvalue weighted by Crippen LogP contribution is -1.95. The zero-order valence-electron chi connectivity index (χ0n) is 9.73. The van der Waals surface area contributed by atoms with Crippen LogP contribution in [0.3, 0.4) is 0 Å². The van der Waals surface area contributed by atoms with E-state index in [4.69, 9.17) is 0 Å². The van der Waals surface area contributed by atoms with E-state index in [0.29, 0.717) is 5.69 Å². The van der Waals surface area contributed by atoms with Crippen molar-refractivity contribution < 1.29 is 4.79 Å². The van der Waals surface area contributed by atoms with E-state index >= 15 is 0 Å². The third-order valence-corrected chi connectivity index (χ3v) is 2.76. The minimum atomic E-state index is 0.701. The minimum Gasteiger partial charge on any atom is -0.297 e. The molecule has 3 nitrogen and oxygen atoms in total. The van der Waals surface area contributed by atoms with Gasteiger partial charge in [0.15, 0.2) is 6.29 Å². The molecule has 0 N–H and O–H groups in total. The molecule has 0 aromatic carbocycles. The first kappa shape index (κ1) is 10.9. The molecule has 0 atom stereocenters. The van der Waals surface area contributed by atoms with Crippen molar-refractivity contribution in [3.05, 3.63) is 35.3 Å². The van der Waals surface area contributed by atoms with Crippen molar-refractivity contribution in [3.63, 3.8) is 0 Å². The summed E-state index contributed by atoms with van der Waals surface area (Å²) in [5, 5.41) is 0. The molecule has 0 aliphatic carbocycles. The molecule has 2 aromatic heterocycles. The van der Waals surface area contributed by atoms with Crippen LogP contribution in [0.2, 0.25) is 0 Å². The molecule has 0 saturated carbocycles. The Morgan fingerprint density at radius 1 is 1.44 bits per heavy atom. The van der Waals surface area contributed by atoms with Crippen molar-refractivity contribution in [1.29, 1.82) is 0 Å². The van der Waals surface area contributed by atoms with Gasteiger partial charge in [-0.25, -0.2) is 4.98 Å². The Morgan fingerprint density at radius 2 is 2.25 bits per heavy atom. The summed E-state index contributed by atoms with van der Waals surface area (Å²) >= 11 is 0. The van der Waals surface area contributed by atoms with Gasteiger partial charge in [0, 0.05) is 6.20 Å². The van der Waals surface area contributed by atoms with Crippen molar-refractivity contribution in [1.82, 2.24) is 9.38 Å². The van der Waals surface area contributed by atoms with Crippen LogP contribution in [-0.2, 0) is 6.42 Å². The van der Waals surface area contributed by atoms with Gasteiger partial charge < -0.3 is 0 Å². The third kappa shape index (κ3) is 1.85. The Morgan fingerprint density at radius 3 is 2.94 bits per heavy atom. The molecule has 0 amide bonds. The molecule has 0 fully saturated rings. The molecule has 0 saturated heterocycles. The summed E-state index contributed by atoms with van der Waals surface area (Å²) in [7, 11) is 0. The van der Waals surface area contributed by atoms with Crippen LogP contribution in [0.5, 0.6) is 0 Å². The van der Waals surface area contributed by atoms with Crippen LogP contribution in [0.15, 0.2) is 18.3 Å². The van der Waals surface area contributed by atoms with E-state index in [0.717, 1.165) is 42.5 Å². The van der Waals surface area contributed by atoms with E-state index in [2.05, 4.69) is 11.9 Å². The van der Waals surface area contributed by atoms with Gasteiger partial charge in [-0.2, -0.15) is 0 Å². The fourth-order valence-electron chi connectivity index (χ4n) is 1.87. The maximum atomic E-state index is 11.1. The maximum absolute atomic E-state index is 11.1. The predicted molar refractivity (Wildman–Crippen MR) is 63.9 cm³/mol. The van der Waals surface area contributed by atoms with Crippen molar-refractivity contribution in [2.75, 3.05) is 0 Å². The number of carbonyl (C=O) groups excluding carboxylic acids is 1. The van der Waals surface area contributed by atoms with Crippen LogP contribution in [0, 0.1) is 6.92 Å².